The zero-order valence-electron chi connectivity index (χ0n) is 13.8. The summed E-state index contributed by atoms with van der Waals surface area (Å²) < 4.78 is 12.2. The fourth-order valence-corrected chi connectivity index (χ4v) is 2.54. The van der Waals surface area contributed by atoms with Crippen LogP contribution in [0, 0.1) is 0 Å². The van der Waals surface area contributed by atoms with Gasteiger partial charge in [0.25, 0.3) is 5.91 Å². The molecule has 0 aliphatic heterocycles. The highest BCUT2D eigenvalue weighted by atomic mass is 79.9. The van der Waals surface area contributed by atoms with E-state index in [0.717, 1.165) is 22.3 Å². The van der Waals surface area contributed by atoms with Gasteiger partial charge in [0.15, 0.2) is 5.76 Å². The number of anilines is 1. The van der Waals surface area contributed by atoms with E-state index in [1.807, 2.05) is 48.5 Å². The number of halogens is 1. The van der Waals surface area contributed by atoms with Crippen molar-refractivity contribution in [2.75, 3.05) is 5.32 Å². The van der Waals surface area contributed by atoms with Crippen LogP contribution in [0.2, 0.25) is 0 Å². The Kier molecular flexibility index (Phi) is 5.56. The van der Waals surface area contributed by atoms with Gasteiger partial charge in [-0.2, -0.15) is 0 Å². The average molecular weight is 400 g/mol. The predicted octanol–water partition coefficient (Wildman–Crippen LogP) is 5.44. The van der Waals surface area contributed by atoms with Crippen LogP contribution in [0.3, 0.4) is 0 Å². The molecule has 25 heavy (non-hydrogen) atoms. The first-order valence-corrected chi connectivity index (χ1v) is 8.80. The summed E-state index contributed by atoms with van der Waals surface area (Å²) in [7, 11) is 0. The molecule has 1 N–H and O–H groups in total. The van der Waals surface area contributed by atoms with Crippen molar-refractivity contribution in [2.45, 2.75) is 20.0 Å². The minimum Gasteiger partial charge on any atom is -0.486 e. The zero-order chi connectivity index (χ0) is 17.6. The van der Waals surface area contributed by atoms with E-state index >= 15 is 0 Å². The second kappa shape index (κ2) is 8.03. The third kappa shape index (κ3) is 4.73. The summed E-state index contributed by atoms with van der Waals surface area (Å²) in [4.78, 5) is 12.2. The summed E-state index contributed by atoms with van der Waals surface area (Å²) in [6, 6.07) is 18.7. The van der Waals surface area contributed by atoms with Crippen LogP contribution in [0.1, 0.15) is 28.8 Å². The highest BCUT2D eigenvalue weighted by Crippen LogP contribution is 2.19. The fraction of sp³-hybridized carbons (Fsp3) is 0.150. The third-order valence-corrected chi connectivity index (χ3v) is 4.23. The van der Waals surface area contributed by atoms with Crippen molar-refractivity contribution in [1.82, 2.24) is 0 Å². The van der Waals surface area contributed by atoms with E-state index in [2.05, 4.69) is 28.2 Å². The van der Waals surface area contributed by atoms with Crippen molar-refractivity contribution in [3.05, 3.63) is 82.2 Å². The maximum Gasteiger partial charge on any atom is 0.291 e. The second-order valence-electron chi connectivity index (χ2n) is 5.51. The maximum absolute atomic E-state index is 12.2. The van der Waals surface area contributed by atoms with E-state index in [-0.39, 0.29) is 18.3 Å². The van der Waals surface area contributed by atoms with E-state index in [1.165, 1.54) is 5.56 Å². The number of carbonyl (C=O) groups excluding carboxylic acids is 1. The third-order valence-electron chi connectivity index (χ3n) is 3.70. The number of carbonyl (C=O) groups is 1. The molecule has 0 saturated heterocycles. The molecule has 0 saturated carbocycles. The Labute approximate surface area is 154 Å². The molecule has 0 spiro atoms. The number of amides is 1. The number of rotatable bonds is 6. The monoisotopic (exact) mass is 399 g/mol. The summed E-state index contributed by atoms with van der Waals surface area (Å²) in [6.45, 7) is 2.36. The standard InChI is InChI=1S/C20H18BrNO3/c1-2-14-3-7-16(8-4-14)22-20(23)19-12-11-18(25-19)13-24-17-9-5-15(21)6-10-17/h3-12H,2,13H2,1H3,(H,22,23). The molecule has 128 valence electrons. The molecule has 2 aromatic carbocycles. The van der Waals surface area contributed by atoms with Crippen LogP contribution in [-0.4, -0.2) is 5.91 Å². The maximum atomic E-state index is 12.2. The van der Waals surface area contributed by atoms with Gasteiger partial charge in [-0.1, -0.05) is 35.0 Å². The molecule has 0 bridgehead atoms. The number of aryl methyl sites for hydroxylation is 1. The van der Waals surface area contributed by atoms with E-state index in [4.69, 9.17) is 9.15 Å². The first kappa shape index (κ1) is 17.3. The summed E-state index contributed by atoms with van der Waals surface area (Å²) in [5.41, 5.74) is 1.97. The minimum absolute atomic E-state index is 0.258. The quantitative estimate of drug-likeness (QED) is 0.600. The predicted molar refractivity (Wildman–Crippen MR) is 101 cm³/mol. The lowest BCUT2D eigenvalue weighted by Gasteiger charge is -2.05. The highest BCUT2D eigenvalue weighted by Gasteiger charge is 2.12. The molecule has 0 aliphatic carbocycles. The average Bonchev–Trinajstić information content (AvgIpc) is 3.11. The number of furan rings is 1. The van der Waals surface area contributed by atoms with Crippen molar-refractivity contribution in [3.8, 4) is 5.75 Å². The smallest absolute Gasteiger partial charge is 0.291 e. The Balaban J connectivity index is 1.58. The van der Waals surface area contributed by atoms with Crippen molar-refractivity contribution in [3.63, 3.8) is 0 Å². The van der Waals surface area contributed by atoms with Crippen molar-refractivity contribution < 1.29 is 13.9 Å². The SMILES string of the molecule is CCc1ccc(NC(=O)c2ccc(COc3ccc(Br)cc3)o2)cc1. The molecular formula is C20H18BrNO3. The molecule has 0 radical (unpaired) electrons. The number of ether oxygens (including phenoxy) is 1. The largest absolute Gasteiger partial charge is 0.486 e. The zero-order valence-corrected chi connectivity index (χ0v) is 15.4. The van der Waals surface area contributed by atoms with Crippen LogP contribution in [-0.2, 0) is 13.0 Å². The second-order valence-corrected chi connectivity index (χ2v) is 6.43. The summed E-state index contributed by atoms with van der Waals surface area (Å²) in [5.74, 6) is 1.31. The Bertz CT molecular complexity index is 838. The molecular weight excluding hydrogens is 382 g/mol. The number of hydrogen-bond acceptors (Lipinski definition) is 3. The van der Waals surface area contributed by atoms with E-state index < -0.39 is 0 Å². The lowest BCUT2D eigenvalue weighted by atomic mass is 10.1. The molecule has 1 aromatic heterocycles. The summed E-state index contributed by atoms with van der Waals surface area (Å²) in [5, 5.41) is 2.82. The van der Waals surface area contributed by atoms with Crippen molar-refractivity contribution in [2.24, 2.45) is 0 Å². The Hall–Kier alpha value is -2.53. The lowest BCUT2D eigenvalue weighted by Crippen LogP contribution is -2.10. The molecule has 4 nitrogen and oxygen atoms in total. The lowest BCUT2D eigenvalue weighted by molar-refractivity contribution is 0.0992. The highest BCUT2D eigenvalue weighted by molar-refractivity contribution is 9.10. The molecule has 1 heterocycles. The van der Waals surface area contributed by atoms with E-state index in [0.29, 0.717) is 5.76 Å². The molecule has 3 aromatic rings. The van der Waals surface area contributed by atoms with Gasteiger partial charge in [0.05, 0.1) is 0 Å². The molecule has 5 heteroatoms. The normalized spacial score (nSPS) is 10.5. The molecule has 0 aliphatic rings. The van der Waals surface area contributed by atoms with Crippen LogP contribution in [0.4, 0.5) is 5.69 Å². The van der Waals surface area contributed by atoms with Crippen LogP contribution in [0.25, 0.3) is 0 Å². The van der Waals surface area contributed by atoms with Gasteiger partial charge < -0.3 is 14.5 Å². The van der Waals surface area contributed by atoms with Gasteiger partial charge in [0, 0.05) is 10.2 Å². The Morgan fingerprint density at radius 3 is 2.44 bits per heavy atom. The molecule has 0 atom stereocenters. The first-order valence-electron chi connectivity index (χ1n) is 8.01. The fourth-order valence-electron chi connectivity index (χ4n) is 2.28. The van der Waals surface area contributed by atoms with Gasteiger partial charge >= 0.3 is 0 Å². The van der Waals surface area contributed by atoms with Gasteiger partial charge in [0.1, 0.15) is 18.1 Å². The van der Waals surface area contributed by atoms with Crippen LogP contribution in [0.5, 0.6) is 5.75 Å². The van der Waals surface area contributed by atoms with Gasteiger partial charge in [-0.25, -0.2) is 0 Å². The Morgan fingerprint density at radius 2 is 1.76 bits per heavy atom. The number of hydrogen-bond donors (Lipinski definition) is 1. The molecule has 0 unspecified atom stereocenters. The minimum atomic E-state index is -0.279. The van der Waals surface area contributed by atoms with Crippen LogP contribution >= 0.6 is 15.9 Å². The number of nitrogens with one attached hydrogen (secondary N) is 1. The molecule has 3 rings (SSSR count). The topological polar surface area (TPSA) is 51.5 Å². The molecule has 0 fully saturated rings. The van der Waals surface area contributed by atoms with Crippen molar-refractivity contribution in [1.29, 1.82) is 0 Å². The van der Waals surface area contributed by atoms with E-state index in [9.17, 15) is 4.79 Å². The first-order chi connectivity index (χ1) is 12.1. The van der Waals surface area contributed by atoms with Crippen LogP contribution < -0.4 is 10.1 Å². The number of benzene rings is 2. The van der Waals surface area contributed by atoms with Gasteiger partial charge in [-0.05, 0) is 60.5 Å². The summed E-state index contributed by atoms with van der Waals surface area (Å²) >= 11 is 3.38. The van der Waals surface area contributed by atoms with Gasteiger partial charge in [0.2, 0.25) is 0 Å². The Morgan fingerprint density at radius 1 is 1.04 bits per heavy atom. The van der Waals surface area contributed by atoms with E-state index in [1.54, 1.807) is 12.1 Å². The van der Waals surface area contributed by atoms with Gasteiger partial charge in [-0.3, -0.25) is 4.79 Å². The summed E-state index contributed by atoms with van der Waals surface area (Å²) in [6.07, 6.45) is 0.966. The molecule has 1 amide bonds. The van der Waals surface area contributed by atoms with Gasteiger partial charge in [-0.15, -0.1) is 0 Å². The van der Waals surface area contributed by atoms with Crippen molar-refractivity contribution >= 4 is 27.5 Å². The van der Waals surface area contributed by atoms with Crippen LogP contribution in [0.15, 0.2) is 69.6 Å².